The largest absolute Gasteiger partial charge is 0.322 e. The molecule has 8 heteroatoms. The van der Waals surface area contributed by atoms with E-state index in [1.54, 1.807) is 85.1 Å². The van der Waals surface area contributed by atoms with Gasteiger partial charge in [0.15, 0.2) is 5.65 Å². The zero-order valence-electron chi connectivity index (χ0n) is 22.4. The Morgan fingerprint density at radius 2 is 1.31 bits per heavy atom. The molecule has 0 spiro atoms. The lowest BCUT2D eigenvalue weighted by molar-refractivity contribution is 0.101. The summed E-state index contributed by atoms with van der Waals surface area (Å²) in [6.45, 7) is 0. The van der Waals surface area contributed by atoms with Gasteiger partial charge >= 0.3 is 0 Å². The maximum absolute atomic E-state index is 13.7. The third-order valence-electron chi connectivity index (χ3n) is 6.68. The predicted octanol–water partition coefficient (Wildman–Crippen LogP) is 5.88. The summed E-state index contributed by atoms with van der Waals surface area (Å²) >= 11 is 0. The molecule has 0 radical (unpaired) electrons. The molecule has 0 fully saturated rings. The first-order valence-electron chi connectivity index (χ1n) is 13.3. The maximum atomic E-state index is 13.7. The summed E-state index contributed by atoms with van der Waals surface area (Å²) in [6.07, 6.45) is 1.99. The van der Waals surface area contributed by atoms with E-state index in [2.05, 4.69) is 20.6 Å². The Bertz CT molecular complexity index is 1970. The van der Waals surface area contributed by atoms with Crippen LogP contribution in [0.25, 0.3) is 16.9 Å². The van der Waals surface area contributed by atoms with Gasteiger partial charge in [-0.2, -0.15) is 0 Å². The lowest BCUT2D eigenvalue weighted by atomic mass is 10.1. The van der Waals surface area contributed by atoms with Gasteiger partial charge in [0.25, 0.3) is 17.4 Å². The van der Waals surface area contributed by atoms with Crippen LogP contribution >= 0.6 is 0 Å². The Morgan fingerprint density at radius 3 is 2.07 bits per heavy atom. The standard InChI is InChI=1S/C34H25N5O3/c40-32(24-12-5-2-6-13-24)36-26-15-7-14-25(21-26)33(41)37-27-16-8-17-28(22-27)39-31-29(18-9-19-35-31)38-30(34(39)42)20-23-10-3-1-4-11-23/h1-19,21-22H,20H2,(H,36,40)(H,37,41). The summed E-state index contributed by atoms with van der Waals surface area (Å²) in [5.41, 5.74) is 4.51. The highest BCUT2D eigenvalue weighted by Crippen LogP contribution is 2.20. The van der Waals surface area contributed by atoms with Crippen LogP contribution in [0.2, 0.25) is 0 Å². The van der Waals surface area contributed by atoms with Gasteiger partial charge in [-0.1, -0.05) is 60.7 Å². The van der Waals surface area contributed by atoms with E-state index in [1.165, 1.54) is 4.57 Å². The summed E-state index contributed by atoms with van der Waals surface area (Å²) in [5, 5.41) is 5.72. The van der Waals surface area contributed by atoms with Gasteiger partial charge in [0, 0.05) is 35.1 Å². The van der Waals surface area contributed by atoms with E-state index >= 15 is 0 Å². The summed E-state index contributed by atoms with van der Waals surface area (Å²) in [5.74, 6) is -0.631. The van der Waals surface area contributed by atoms with Crippen molar-refractivity contribution in [3.63, 3.8) is 0 Å². The van der Waals surface area contributed by atoms with Crippen LogP contribution in [-0.2, 0) is 6.42 Å². The first-order valence-corrected chi connectivity index (χ1v) is 13.3. The van der Waals surface area contributed by atoms with E-state index in [1.807, 2.05) is 42.5 Å². The highest BCUT2D eigenvalue weighted by atomic mass is 16.2. The van der Waals surface area contributed by atoms with Gasteiger partial charge in [-0.3, -0.25) is 19.0 Å². The summed E-state index contributed by atoms with van der Waals surface area (Å²) in [7, 11) is 0. The van der Waals surface area contributed by atoms with Crippen molar-refractivity contribution in [2.75, 3.05) is 10.6 Å². The fourth-order valence-electron chi connectivity index (χ4n) is 4.67. The maximum Gasteiger partial charge on any atom is 0.278 e. The smallest absolute Gasteiger partial charge is 0.278 e. The number of fused-ring (bicyclic) bond motifs is 1. The number of pyridine rings is 1. The number of nitrogens with one attached hydrogen (secondary N) is 2. The Morgan fingerprint density at radius 1 is 0.667 bits per heavy atom. The highest BCUT2D eigenvalue weighted by molar-refractivity contribution is 6.07. The molecule has 0 saturated carbocycles. The van der Waals surface area contributed by atoms with Crippen molar-refractivity contribution >= 4 is 34.4 Å². The monoisotopic (exact) mass is 551 g/mol. The van der Waals surface area contributed by atoms with Crippen LogP contribution in [-0.4, -0.2) is 26.3 Å². The molecule has 0 aliphatic heterocycles. The van der Waals surface area contributed by atoms with E-state index in [0.29, 0.717) is 51.5 Å². The normalized spacial score (nSPS) is 10.8. The van der Waals surface area contributed by atoms with Crippen molar-refractivity contribution in [3.05, 3.63) is 160 Å². The molecule has 204 valence electrons. The Labute approximate surface area is 241 Å². The van der Waals surface area contributed by atoms with Gasteiger partial charge in [-0.05, 0) is 66.2 Å². The van der Waals surface area contributed by atoms with E-state index in [4.69, 9.17) is 0 Å². The minimum atomic E-state index is -0.363. The molecule has 4 aromatic carbocycles. The van der Waals surface area contributed by atoms with E-state index in [-0.39, 0.29) is 17.4 Å². The molecular weight excluding hydrogens is 526 g/mol. The molecular formula is C34H25N5O3. The third-order valence-corrected chi connectivity index (χ3v) is 6.68. The Hall–Kier alpha value is -5.89. The molecule has 6 aromatic rings. The fraction of sp³-hybridized carbons (Fsp3) is 0.0294. The first kappa shape index (κ1) is 26.3. The quantitative estimate of drug-likeness (QED) is 0.258. The number of aromatic nitrogens is 3. The SMILES string of the molecule is O=C(Nc1cccc(C(=O)Nc2cccc(-n3c(=O)c(Cc4ccccc4)nc4cccnc43)c2)c1)c1ccccc1. The van der Waals surface area contributed by atoms with Crippen molar-refractivity contribution in [2.24, 2.45) is 0 Å². The van der Waals surface area contributed by atoms with Crippen LogP contribution in [0.5, 0.6) is 0 Å². The molecule has 2 amide bonds. The Balaban J connectivity index is 1.28. The van der Waals surface area contributed by atoms with E-state index in [9.17, 15) is 14.4 Å². The van der Waals surface area contributed by atoms with Crippen molar-refractivity contribution in [3.8, 4) is 5.69 Å². The molecule has 0 bridgehead atoms. The summed E-state index contributed by atoms with van der Waals surface area (Å²) in [4.78, 5) is 48.5. The van der Waals surface area contributed by atoms with Gasteiger partial charge < -0.3 is 10.6 Å². The van der Waals surface area contributed by atoms with Crippen molar-refractivity contribution in [1.29, 1.82) is 0 Å². The number of nitrogens with zero attached hydrogens (tertiary/aromatic N) is 3. The number of carbonyl (C=O) groups is 2. The zero-order valence-corrected chi connectivity index (χ0v) is 22.4. The third kappa shape index (κ3) is 5.68. The number of benzene rings is 4. The van der Waals surface area contributed by atoms with Crippen LogP contribution in [0.3, 0.4) is 0 Å². The minimum absolute atomic E-state index is 0.267. The predicted molar refractivity (Wildman–Crippen MR) is 163 cm³/mol. The number of carbonyl (C=O) groups excluding carboxylic acids is 2. The number of hydrogen-bond acceptors (Lipinski definition) is 5. The number of amides is 2. The van der Waals surface area contributed by atoms with Crippen LogP contribution in [0.4, 0.5) is 11.4 Å². The molecule has 0 saturated heterocycles. The van der Waals surface area contributed by atoms with Crippen molar-refractivity contribution < 1.29 is 9.59 Å². The molecule has 0 unspecified atom stereocenters. The zero-order chi connectivity index (χ0) is 28.9. The topological polar surface area (TPSA) is 106 Å². The van der Waals surface area contributed by atoms with Gasteiger partial charge in [0.1, 0.15) is 11.2 Å². The second-order valence-electron chi connectivity index (χ2n) is 9.61. The fourth-order valence-corrected chi connectivity index (χ4v) is 4.67. The number of anilines is 2. The molecule has 42 heavy (non-hydrogen) atoms. The van der Waals surface area contributed by atoms with Gasteiger partial charge in [0.05, 0.1) is 5.69 Å². The molecule has 0 atom stereocenters. The molecule has 0 aliphatic rings. The summed E-state index contributed by atoms with van der Waals surface area (Å²) < 4.78 is 1.52. The second-order valence-corrected chi connectivity index (χ2v) is 9.61. The molecule has 2 aromatic heterocycles. The van der Waals surface area contributed by atoms with Gasteiger partial charge in [-0.25, -0.2) is 9.97 Å². The summed E-state index contributed by atoms with van der Waals surface area (Å²) in [6, 6.07) is 35.9. The molecule has 2 heterocycles. The Kier molecular flexibility index (Phi) is 7.33. The average Bonchev–Trinajstić information content (AvgIpc) is 3.02. The lowest BCUT2D eigenvalue weighted by Crippen LogP contribution is -2.25. The average molecular weight is 552 g/mol. The minimum Gasteiger partial charge on any atom is -0.322 e. The number of hydrogen-bond donors (Lipinski definition) is 2. The van der Waals surface area contributed by atoms with Gasteiger partial charge in [0.2, 0.25) is 0 Å². The van der Waals surface area contributed by atoms with Crippen LogP contribution < -0.4 is 16.2 Å². The first-order chi connectivity index (χ1) is 20.5. The molecule has 8 nitrogen and oxygen atoms in total. The van der Waals surface area contributed by atoms with Gasteiger partial charge in [-0.15, -0.1) is 0 Å². The van der Waals surface area contributed by atoms with E-state index < -0.39 is 0 Å². The highest BCUT2D eigenvalue weighted by Gasteiger charge is 2.15. The van der Waals surface area contributed by atoms with Crippen molar-refractivity contribution in [2.45, 2.75) is 6.42 Å². The van der Waals surface area contributed by atoms with Crippen LogP contribution in [0.1, 0.15) is 32.0 Å². The second kappa shape index (κ2) is 11.7. The number of rotatable bonds is 7. The lowest BCUT2D eigenvalue weighted by Gasteiger charge is -2.13. The molecule has 6 rings (SSSR count). The molecule has 0 aliphatic carbocycles. The van der Waals surface area contributed by atoms with Crippen molar-refractivity contribution in [1.82, 2.24) is 14.5 Å². The van der Waals surface area contributed by atoms with E-state index in [0.717, 1.165) is 5.56 Å². The van der Waals surface area contributed by atoms with Crippen LogP contribution in [0, 0.1) is 0 Å². The van der Waals surface area contributed by atoms with Crippen LogP contribution in [0.15, 0.2) is 132 Å². The molecule has 2 N–H and O–H groups in total.